The van der Waals surface area contributed by atoms with Gasteiger partial charge in [-0.3, -0.25) is 0 Å². The van der Waals surface area contributed by atoms with E-state index in [-0.39, 0.29) is 6.10 Å². The van der Waals surface area contributed by atoms with Crippen molar-refractivity contribution in [2.75, 3.05) is 26.2 Å². The van der Waals surface area contributed by atoms with Crippen LogP contribution in [-0.2, 0) is 0 Å². The smallest absolute Gasteiger partial charge is 0.0590 e. The molecular weight excluding hydrogens is 260 g/mol. The van der Waals surface area contributed by atoms with Gasteiger partial charge < -0.3 is 15.3 Å². The third-order valence-electron chi connectivity index (χ3n) is 4.64. The Morgan fingerprint density at radius 2 is 2.05 bits per heavy atom. The molecule has 0 amide bonds. The van der Waals surface area contributed by atoms with Crippen LogP contribution in [0.3, 0.4) is 0 Å². The number of aliphatic hydroxyl groups is 1. The summed E-state index contributed by atoms with van der Waals surface area (Å²) in [6.07, 6.45) is 0.792. The minimum absolute atomic E-state index is 0.116. The summed E-state index contributed by atoms with van der Waals surface area (Å²) >= 11 is 0. The number of nitrogens with zero attached hydrogens (tertiary/aromatic N) is 1. The lowest BCUT2D eigenvalue weighted by molar-refractivity contribution is 0.0278. The average molecular weight is 290 g/mol. The van der Waals surface area contributed by atoms with Gasteiger partial charge >= 0.3 is 0 Å². The van der Waals surface area contributed by atoms with Crippen molar-refractivity contribution in [1.82, 2.24) is 10.2 Å². The SMILES string of the molecule is CCNC(c1ccccc1)C(C)CN1CCC(O)C(C)C1. The third-order valence-corrected chi connectivity index (χ3v) is 4.64. The average Bonchev–Trinajstić information content (AvgIpc) is 2.49. The molecule has 1 fully saturated rings. The Labute approximate surface area is 129 Å². The molecule has 3 nitrogen and oxygen atoms in total. The van der Waals surface area contributed by atoms with Crippen molar-refractivity contribution in [3.8, 4) is 0 Å². The number of aliphatic hydroxyl groups excluding tert-OH is 1. The van der Waals surface area contributed by atoms with Crippen LogP contribution in [-0.4, -0.2) is 42.3 Å². The zero-order chi connectivity index (χ0) is 15.2. The first-order chi connectivity index (χ1) is 10.1. The predicted octanol–water partition coefficient (Wildman–Crippen LogP) is 2.68. The Hall–Kier alpha value is -0.900. The highest BCUT2D eigenvalue weighted by Crippen LogP contribution is 2.25. The first-order valence-corrected chi connectivity index (χ1v) is 8.30. The van der Waals surface area contributed by atoms with Crippen molar-refractivity contribution in [3.63, 3.8) is 0 Å². The molecule has 1 heterocycles. The maximum atomic E-state index is 9.86. The fraction of sp³-hybridized carbons (Fsp3) is 0.667. The Balaban J connectivity index is 1.97. The summed E-state index contributed by atoms with van der Waals surface area (Å²) < 4.78 is 0. The van der Waals surface area contributed by atoms with Gasteiger partial charge in [0.15, 0.2) is 0 Å². The van der Waals surface area contributed by atoms with Crippen molar-refractivity contribution in [2.24, 2.45) is 11.8 Å². The van der Waals surface area contributed by atoms with E-state index < -0.39 is 0 Å². The lowest BCUT2D eigenvalue weighted by Crippen LogP contribution is -2.45. The molecule has 21 heavy (non-hydrogen) atoms. The third kappa shape index (κ3) is 4.53. The molecule has 0 aliphatic carbocycles. The van der Waals surface area contributed by atoms with Gasteiger partial charge in [-0.15, -0.1) is 0 Å². The Morgan fingerprint density at radius 1 is 1.33 bits per heavy atom. The molecule has 118 valence electrons. The van der Waals surface area contributed by atoms with Gasteiger partial charge in [0.2, 0.25) is 0 Å². The number of rotatable bonds is 6. The molecule has 0 radical (unpaired) electrons. The van der Waals surface area contributed by atoms with Gasteiger partial charge in [0, 0.05) is 25.7 Å². The summed E-state index contributed by atoms with van der Waals surface area (Å²) in [5.74, 6) is 0.940. The molecule has 1 aromatic carbocycles. The van der Waals surface area contributed by atoms with Crippen LogP contribution >= 0.6 is 0 Å². The summed E-state index contributed by atoms with van der Waals surface area (Å²) in [6.45, 7) is 10.8. The molecule has 0 saturated carbocycles. The monoisotopic (exact) mass is 290 g/mol. The van der Waals surface area contributed by atoms with Gasteiger partial charge in [-0.1, -0.05) is 51.1 Å². The number of piperidine rings is 1. The summed E-state index contributed by atoms with van der Waals surface area (Å²) in [4.78, 5) is 2.51. The standard InChI is InChI=1S/C18H30N2O/c1-4-19-18(16-8-6-5-7-9-16)15(3)13-20-11-10-17(21)14(2)12-20/h5-9,14-15,17-19,21H,4,10-13H2,1-3H3. The molecule has 0 aromatic heterocycles. The van der Waals surface area contributed by atoms with E-state index in [1.54, 1.807) is 0 Å². The second-order valence-corrected chi connectivity index (χ2v) is 6.52. The quantitative estimate of drug-likeness (QED) is 0.845. The van der Waals surface area contributed by atoms with Crippen molar-refractivity contribution in [3.05, 3.63) is 35.9 Å². The van der Waals surface area contributed by atoms with Crippen LogP contribution in [0.15, 0.2) is 30.3 Å². The molecule has 3 heteroatoms. The maximum Gasteiger partial charge on any atom is 0.0590 e. The molecule has 4 unspecified atom stereocenters. The second-order valence-electron chi connectivity index (χ2n) is 6.52. The number of nitrogens with one attached hydrogen (secondary N) is 1. The van der Waals surface area contributed by atoms with E-state index >= 15 is 0 Å². The molecule has 1 aliphatic heterocycles. The van der Waals surface area contributed by atoms with Crippen LogP contribution in [0.4, 0.5) is 0 Å². The topological polar surface area (TPSA) is 35.5 Å². The first kappa shape index (κ1) is 16.5. The van der Waals surface area contributed by atoms with Gasteiger partial charge in [-0.25, -0.2) is 0 Å². The number of hydrogen-bond acceptors (Lipinski definition) is 3. The fourth-order valence-corrected chi connectivity index (χ4v) is 3.43. The molecule has 0 spiro atoms. The molecule has 1 aliphatic rings. The highest BCUT2D eigenvalue weighted by atomic mass is 16.3. The number of likely N-dealkylation sites (tertiary alicyclic amines) is 1. The van der Waals surface area contributed by atoms with Gasteiger partial charge in [0.25, 0.3) is 0 Å². The van der Waals surface area contributed by atoms with E-state index in [9.17, 15) is 5.11 Å². The van der Waals surface area contributed by atoms with Gasteiger partial charge in [-0.05, 0) is 30.4 Å². The van der Waals surface area contributed by atoms with Crippen molar-refractivity contribution in [2.45, 2.75) is 39.3 Å². The predicted molar refractivity (Wildman–Crippen MR) is 88.3 cm³/mol. The molecule has 0 bridgehead atoms. The van der Waals surface area contributed by atoms with E-state index in [0.29, 0.717) is 17.9 Å². The van der Waals surface area contributed by atoms with Gasteiger partial charge in [0.1, 0.15) is 0 Å². The highest BCUT2D eigenvalue weighted by Gasteiger charge is 2.27. The fourth-order valence-electron chi connectivity index (χ4n) is 3.43. The van der Waals surface area contributed by atoms with E-state index in [1.165, 1.54) is 5.56 Å². The van der Waals surface area contributed by atoms with E-state index in [0.717, 1.165) is 32.6 Å². The molecular formula is C18H30N2O. The van der Waals surface area contributed by atoms with Gasteiger partial charge in [-0.2, -0.15) is 0 Å². The Morgan fingerprint density at radius 3 is 2.67 bits per heavy atom. The zero-order valence-corrected chi connectivity index (χ0v) is 13.6. The van der Waals surface area contributed by atoms with E-state index in [4.69, 9.17) is 0 Å². The van der Waals surface area contributed by atoms with Crippen LogP contribution in [0.25, 0.3) is 0 Å². The largest absolute Gasteiger partial charge is 0.393 e. The van der Waals surface area contributed by atoms with Crippen molar-refractivity contribution < 1.29 is 5.11 Å². The zero-order valence-electron chi connectivity index (χ0n) is 13.6. The molecule has 4 atom stereocenters. The van der Waals surface area contributed by atoms with Crippen LogP contribution in [0, 0.1) is 11.8 Å². The highest BCUT2D eigenvalue weighted by molar-refractivity contribution is 5.19. The molecule has 2 rings (SSSR count). The molecule has 2 N–H and O–H groups in total. The lowest BCUT2D eigenvalue weighted by atomic mass is 9.91. The van der Waals surface area contributed by atoms with Crippen LogP contribution in [0.1, 0.15) is 38.8 Å². The second kappa shape index (κ2) is 7.92. The lowest BCUT2D eigenvalue weighted by Gasteiger charge is -2.37. The van der Waals surface area contributed by atoms with E-state index in [1.807, 2.05) is 0 Å². The van der Waals surface area contributed by atoms with Crippen LogP contribution in [0.2, 0.25) is 0 Å². The normalized spacial score (nSPS) is 26.5. The maximum absolute atomic E-state index is 9.86. The van der Waals surface area contributed by atoms with Gasteiger partial charge in [0.05, 0.1) is 6.10 Å². The van der Waals surface area contributed by atoms with Crippen LogP contribution < -0.4 is 5.32 Å². The first-order valence-electron chi connectivity index (χ1n) is 8.30. The Bertz CT molecular complexity index is 409. The number of hydrogen-bond donors (Lipinski definition) is 2. The van der Waals surface area contributed by atoms with E-state index in [2.05, 4.69) is 61.3 Å². The summed E-state index contributed by atoms with van der Waals surface area (Å²) in [5, 5.41) is 13.5. The van der Waals surface area contributed by atoms with Crippen LogP contribution in [0.5, 0.6) is 0 Å². The minimum Gasteiger partial charge on any atom is -0.393 e. The molecule has 1 saturated heterocycles. The minimum atomic E-state index is -0.116. The Kier molecular flexibility index (Phi) is 6.22. The number of benzene rings is 1. The van der Waals surface area contributed by atoms with Crippen molar-refractivity contribution in [1.29, 1.82) is 0 Å². The summed E-state index contributed by atoms with van der Waals surface area (Å²) in [6, 6.07) is 11.1. The van der Waals surface area contributed by atoms with Crippen molar-refractivity contribution >= 4 is 0 Å². The summed E-state index contributed by atoms with van der Waals surface area (Å²) in [5.41, 5.74) is 1.37. The summed E-state index contributed by atoms with van der Waals surface area (Å²) in [7, 11) is 0. The molecule has 1 aromatic rings.